The molecule has 6 unspecified atom stereocenters. The predicted octanol–water partition coefficient (Wildman–Crippen LogP) is 8.28. The van der Waals surface area contributed by atoms with Crippen molar-refractivity contribution in [2.45, 2.75) is 270 Å². The number of nitrogens with one attached hydrogen (secondary N) is 6. The van der Waals surface area contributed by atoms with Crippen LogP contribution in [0.3, 0.4) is 0 Å². The number of piperidine rings is 3. The molecule has 6 amide bonds. The molecule has 21 heteroatoms. The Balaban J connectivity index is 0.000000571. The lowest BCUT2D eigenvalue weighted by atomic mass is 9.95. The van der Waals surface area contributed by atoms with E-state index in [0.29, 0.717) is 88.8 Å². The highest BCUT2D eigenvalue weighted by molar-refractivity contribution is 5.79. The topological polar surface area (TPSA) is 222 Å². The van der Waals surface area contributed by atoms with Gasteiger partial charge in [-0.25, -0.2) is 0 Å². The normalized spacial score (nSPS) is 22.5. The Hall–Kier alpha value is -3.54. The third-order valence-electron chi connectivity index (χ3n) is 17.0. The molecule has 0 spiro atoms. The molecular weight excluding hydrogens is 1200 g/mol. The van der Waals surface area contributed by atoms with Gasteiger partial charge in [0.05, 0.1) is 57.8 Å². The zero-order valence-electron chi connectivity index (χ0n) is 65.7. The molecular formula is C74H148N12O9. The van der Waals surface area contributed by atoms with Gasteiger partial charge in [0.15, 0.2) is 0 Å². The summed E-state index contributed by atoms with van der Waals surface area (Å²) in [6.45, 7) is 71.0. The third-order valence-corrected chi connectivity index (χ3v) is 17.0. The summed E-state index contributed by atoms with van der Waals surface area (Å²) in [5.74, 6) is 3.39. The van der Waals surface area contributed by atoms with E-state index >= 15 is 0 Å². The largest absolute Gasteiger partial charge is 0.377 e. The molecule has 0 aromatic heterocycles. The molecule has 0 aromatic rings. The summed E-state index contributed by atoms with van der Waals surface area (Å²) in [6.07, 6.45) is 8.08. The minimum absolute atomic E-state index is 0.0604. The Morgan fingerprint density at radius 2 is 0.663 bits per heavy atom. The number of rotatable bonds is 16. The van der Waals surface area contributed by atoms with Gasteiger partial charge in [0, 0.05) is 163 Å². The Labute approximate surface area is 581 Å². The van der Waals surface area contributed by atoms with E-state index in [2.05, 4.69) is 157 Å². The Morgan fingerprint density at radius 3 is 0.979 bits per heavy atom. The van der Waals surface area contributed by atoms with Crippen molar-refractivity contribution < 1.29 is 43.0 Å². The van der Waals surface area contributed by atoms with E-state index in [0.717, 1.165) is 104 Å². The van der Waals surface area contributed by atoms with Crippen LogP contribution in [0, 0.1) is 35.5 Å². The molecule has 6 rings (SSSR count). The summed E-state index contributed by atoms with van der Waals surface area (Å²) in [6, 6.07) is 0.522. The van der Waals surface area contributed by atoms with Crippen LogP contribution in [0.5, 0.6) is 0 Å². The number of carbonyl (C=O) groups is 6. The maximum atomic E-state index is 12.1. The smallest absolute Gasteiger partial charge is 0.225 e. The second kappa shape index (κ2) is 43.2. The number of morpholine rings is 3. The van der Waals surface area contributed by atoms with E-state index in [4.69, 9.17) is 14.2 Å². The highest BCUT2D eigenvalue weighted by Gasteiger charge is 2.32. The maximum Gasteiger partial charge on any atom is 0.225 e. The average Bonchev–Trinajstić information content (AvgIpc) is 0.903. The van der Waals surface area contributed by atoms with Crippen molar-refractivity contribution in [3.05, 3.63) is 0 Å². The van der Waals surface area contributed by atoms with Crippen molar-refractivity contribution in [2.24, 2.45) is 35.5 Å². The first-order chi connectivity index (χ1) is 43.7. The van der Waals surface area contributed by atoms with Crippen LogP contribution in [0.15, 0.2) is 0 Å². The van der Waals surface area contributed by atoms with E-state index in [1.165, 1.54) is 19.3 Å². The monoisotopic (exact) mass is 1350 g/mol. The van der Waals surface area contributed by atoms with Gasteiger partial charge < -0.3 is 75.5 Å². The standard InChI is InChI=1S/2C14H28N2O.C13H26N2O2.C12H24N2O.C11H22N2O2.C10H20N2O2/c2*1-11(2)13(17)16-8-6-7-12(10-16)9-15-14(3,4)5;1-10(2)12(16)15-6-7-17-9-11(15)8-14-13(3,4)5;1-10(15)14-7-5-6-11(9-14)8-13-12(2,3)4;1-9(14)13-5-6-15-8-10(13)7-12-11(2,3)4;1-10(2,3)11-6-9-7-14-5-4-12(9)8-13/h2*11-12,15H,6-10H2,1-5H3;10-11,14H,6-9H2,1-5H3;11,13H,5-9H2,1-4H3;10,12H,5-8H2,1-4H3;8-9,11H,4-7H2,1-3H3. The number of carbonyl (C=O) groups excluding carboxylic acids is 6. The van der Waals surface area contributed by atoms with Gasteiger partial charge in [0.25, 0.3) is 0 Å². The minimum atomic E-state index is 0.0604. The van der Waals surface area contributed by atoms with Crippen molar-refractivity contribution >= 4 is 35.9 Å². The van der Waals surface area contributed by atoms with E-state index < -0.39 is 0 Å². The van der Waals surface area contributed by atoms with E-state index in [9.17, 15) is 28.8 Å². The molecule has 21 nitrogen and oxygen atoms in total. The fourth-order valence-electron chi connectivity index (χ4n) is 11.4. The number of hydrogen-bond donors (Lipinski definition) is 6. The van der Waals surface area contributed by atoms with E-state index in [1.807, 2.05) is 70.9 Å². The number of hydrogen-bond acceptors (Lipinski definition) is 15. The summed E-state index contributed by atoms with van der Waals surface area (Å²) in [5, 5.41) is 20.8. The van der Waals surface area contributed by atoms with Gasteiger partial charge in [-0.05, 0) is 181 Å². The van der Waals surface area contributed by atoms with Gasteiger partial charge in [0.1, 0.15) is 0 Å². The van der Waals surface area contributed by atoms with Crippen molar-refractivity contribution in [1.82, 2.24) is 61.3 Å². The average molecular weight is 1350 g/mol. The van der Waals surface area contributed by atoms with Crippen molar-refractivity contribution in [1.29, 1.82) is 0 Å². The maximum absolute atomic E-state index is 12.1. The number of likely N-dealkylation sites (tertiary alicyclic amines) is 3. The SMILES string of the molecule is CC(=O)N1CCCC(CNC(C)(C)C)C1.CC(=O)N1CCOCC1CNC(C)(C)C.CC(C)(C)NCC1COCCN1C=O.CC(C)C(=O)N1CCCC(CNC(C)(C)C)C1.CC(C)C(=O)N1CCCC(CNC(C)(C)C)C1.CC(C)C(=O)N1CCOCC1CNC(C)(C)C. The Bertz CT molecular complexity index is 2120. The fraction of sp³-hybridized carbons (Fsp3) is 0.919. The molecule has 0 aromatic carbocycles. The van der Waals surface area contributed by atoms with Crippen LogP contribution in [0.4, 0.5) is 0 Å². The molecule has 6 aliphatic heterocycles. The molecule has 0 aliphatic carbocycles. The summed E-state index contributed by atoms with van der Waals surface area (Å²) >= 11 is 0. The highest BCUT2D eigenvalue weighted by atomic mass is 16.5. The van der Waals surface area contributed by atoms with Gasteiger partial charge in [-0.1, -0.05) is 41.5 Å². The first-order valence-electron chi connectivity index (χ1n) is 36.6. The molecule has 558 valence electrons. The number of ether oxygens (including phenoxy) is 3. The first-order valence-corrected chi connectivity index (χ1v) is 36.6. The summed E-state index contributed by atoms with van der Waals surface area (Å²) < 4.78 is 16.2. The van der Waals surface area contributed by atoms with Crippen molar-refractivity contribution in [3.8, 4) is 0 Å². The lowest BCUT2D eigenvalue weighted by molar-refractivity contribution is -0.143. The van der Waals surface area contributed by atoms with Crippen LogP contribution in [0.1, 0.15) is 219 Å². The summed E-state index contributed by atoms with van der Waals surface area (Å²) in [5.41, 5.74) is 0.767. The van der Waals surface area contributed by atoms with Gasteiger partial charge >= 0.3 is 0 Å². The van der Waals surface area contributed by atoms with Crippen molar-refractivity contribution in [3.63, 3.8) is 0 Å². The molecule has 0 bridgehead atoms. The second-order valence-electron chi connectivity index (χ2n) is 34.6. The van der Waals surface area contributed by atoms with Gasteiger partial charge in [-0.15, -0.1) is 0 Å². The van der Waals surface area contributed by atoms with Crippen LogP contribution in [0.25, 0.3) is 0 Å². The van der Waals surface area contributed by atoms with Crippen molar-refractivity contribution in [2.75, 3.05) is 138 Å². The molecule has 6 saturated heterocycles. The molecule has 6 fully saturated rings. The highest BCUT2D eigenvalue weighted by Crippen LogP contribution is 2.22. The van der Waals surface area contributed by atoms with E-state index in [-0.39, 0.29) is 86.8 Å². The zero-order valence-corrected chi connectivity index (χ0v) is 65.7. The minimum Gasteiger partial charge on any atom is -0.377 e. The molecule has 6 aliphatic rings. The fourth-order valence-corrected chi connectivity index (χ4v) is 11.4. The van der Waals surface area contributed by atoms with Crippen LogP contribution in [0.2, 0.25) is 0 Å². The number of amides is 6. The zero-order chi connectivity index (χ0) is 72.7. The van der Waals surface area contributed by atoms with Gasteiger partial charge in [-0.3, -0.25) is 28.8 Å². The predicted molar refractivity (Wildman–Crippen MR) is 390 cm³/mol. The number of nitrogens with zero attached hydrogens (tertiary/aromatic N) is 6. The molecule has 0 saturated carbocycles. The third kappa shape index (κ3) is 42.2. The summed E-state index contributed by atoms with van der Waals surface area (Å²) in [7, 11) is 0. The van der Waals surface area contributed by atoms with E-state index in [1.54, 1.807) is 13.8 Å². The van der Waals surface area contributed by atoms with Gasteiger partial charge in [-0.2, -0.15) is 0 Å². The van der Waals surface area contributed by atoms with Crippen LogP contribution in [-0.2, 0) is 43.0 Å². The van der Waals surface area contributed by atoms with Crippen LogP contribution in [-0.4, -0.2) is 255 Å². The Morgan fingerprint density at radius 1 is 0.379 bits per heavy atom. The molecule has 6 atom stereocenters. The van der Waals surface area contributed by atoms with Crippen LogP contribution >= 0.6 is 0 Å². The van der Waals surface area contributed by atoms with Gasteiger partial charge in [0.2, 0.25) is 35.9 Å². The lowest BCUT2D eigenvalue weighted by Crippen LogP contribution is -2.56. The summed E-state index contributed by atoms with van der Waals surface area (Å²) in [4.78, 5) is 81.1. The lowest BCUT2D eigenvalue weighted by Gasteiger charge is -2.38. The molecule has 6 heterocycles. The molecule has 0 radical (unpaired) electrons. The molecule has 95 heavy (non-hydrogen) atoms. The Kier molecular flexibility index (Phi) is 40.7. The quantitative estimate of drug-likeness (QED) is 0.0801. The second-order valence-corrected chi connectivity index (χ2v) is 34.6. The first kappa shape index (κ1) is 89.5. The van der Waals surface area contributed by atoms with Crippen LogP contribution < -0.4 is 31.9 Å². The molecule has 6 N–H and O–H groups in total.